The maximum Gasteiger partial charge on any atom is 0.331 e. The van der Waals surface area contributed by atoms with Gasteiger partial charge in [0.2, 0.25) is 0 Å². The lowest BCUT2D eigenvalue weighted by molar-refractivity contribution is -0.318. The summed E-state index contributed by atoms with van der Waals surface area (Å²) in [6.45, 7) is 10.3. The van der Waals surface area contributed by atoms with Crippen molar-refractivity contribution in [2.24, 2.45) is 34.5 Å². The average Bonchev–Trinajstić information content (AvgIpc) is 3.62. The minimum absolute atomic E-state index is 0.0485. The fraction of sp³-hybridized carbons (Fsp3) is 0.795. The monoisotopic (exact) mass is 762 g/mol. The Kier molecular flexibility index (Phi) is 11.3. The molecule has 0 aromatic carbocycles. The molecule has 0 aromatic rings. The van der Waals surface area contributed by atoms with Gasteiger partial charge in [0, 0.05) is 57.4 Å². The summed E-state index contributed by atoms with van der Waals surface area (Å²) < 4.78 is 46.7. The maximum absolute atomic E-state index is 12.9. The Balaban J connectivity index is 1.32. The third kappa shape index (κ3) is 7.27. The van der Waals surface area contributed by atoms with Gasteiger partial charge < -0.3 is 43.0 Å². The van der Waals surface area contributed by atoms with Crippen molar-refractivity contribution in [3.8, 4) is 0 Å². The number of hydrogen-bond acceptors (Lipinski definition) is 15. The Bertz CT molecular complexity index is 1560. The SMILES string of the molecule is CC(=O)OC[C@]12CC[C@H](O[C@H]3O[C@@H](C)[C@@H](OC(C)=O)[C@@H](OC(C)=O)[C@H]3OC(C)=O)C[C@@H]1[C@@H](OC(C)=O)C[C@H]1[C@H]2CC[C@@]2(C)[C@H](C3=CC(=O)OC3)CC[C@]12O. The fourth-order valence-electron chi connectivity index (χ4n) is 11.4. The Morgan fingerprint density at radius 1 is 0.778 bits per heavy atom. The van der Waals surface area contributed by atoms with E-state index in [2.05, 4.69) is 6.92 Å². The number of aliphatic hydroxyl groups is 1. The highest BCUT2D eigenvalue weighted by atomic mass is 16.7. The van der Waals surface area contributed by atoms with Gasteiger partial charge in [-0.3, -0.25) is 24.0 Å². The lowest BCUT2D eigenvalue weighted by Crippen LogP contribution is -2.67. The number of carbonyl (C=O) groups is 6. The molecule has 300 valence electrons. The number of ether oxygens (including phenoxy) is 8. The van der Waals surface area contributed by atoms with Gasteiger partial charge in [-0.05, 0) is 81.6 Å². The first-order chi connectivity index (χ1) is 25.4. The first-order valence-electron chi connectivity index (χ1n) is 19.1. The van der Waals surface area contributed by atoms with E-state index < -0.39 is 89.2 Å². The van der Waals surface area contributed by atoms with E-state index in [1.165, 1.54) is 34.6 Å². The molecule has 15 heteroatoms. The molecular weight excluding hydrogens is 708 g/mol. The molecule has 15 nitrogen and oxygen atoms in total. The van der Waals surface area contributed by atoms with Gasteiger partial charge in [-0.1, -0.05) is 6.92 Å². The summed E-state index contributed by atoms with van der Waals surface area (Å²) in [7, 11) is 0. The van der Waals surface area contributed by atoms with Gasteiger partial charge >= 0.3 is 35.8 Å². The van der Waals surface area contributed by atoms with Crippen LogP contribution in [0.5, 0.6) is 0 Å². The van der Waals surface area contributed by atoms with Crippen LogP contribution in [0.1, 0.15) is 99.8 Å². The second kappa shape index (κ2) is 15.2. The molecule has 0 aromatic heterocycles. The largest absolute Gasteiger partial charge is 0.465 e. The molecule has 4 saturated carbocycles. The first kappa shape index (κ1) is 40.1. The number of fused-ring (bicyclic) bond motifs is 5. The normalized spacial score (nSPS) is 42.6. The molecule has 5 fully saturated rings. The summed E-state index contributed by atoms with van der Waals surface area (Å²) in [6.07, 6.45) is -1.03. The molecule has 6 aliphatic rings. The van der Waals surface area contributed by atoms with Crippen LogP contribution in [0.2, 0.25) is 0 Å². The van der Waals surface area contributed by atoms with E-state index in [1.807, 2.05) is 0 Å². The van der Waals surface area contributed by atoms with Crippen molar-refractivity contribution in [1.29, 1.82) is 0 Å². The first-order valence-corrected chi connectivity index (χ1v) is 19.1. The number of esters is 6. The Morgan fingerprint density at radius 3 is 2.04 bits per heavy atom. The summed E-state index contributed by atoms with van der Waals surface area (Å²) >= 11 is 0. The minimum atomic E-state index is -1.28. The molecule has 4 aliphatic carbocycles. The quantitative estimate of drug-likeness (QED) is 0.204. The van der Waals surface area contributed by atoms with Gasteiger partial charge in [0.25, 0.3) is 0 Å². The van der Waals surface area contributed by atoms with Gasteiger partial charge in [-0.2, -0.15) is 0 Å². The Hall–Kier alpha value is -3.56. The Morgan fingerprint density at radius 2 is 1.43 bits per heavy atom. The summed E-state index contributed by atoms with van der Waals surface area (Å²) in [6, 6.07) is 0. The summed E-state index contributed by atoms with van der Waals surface area (Å²) in [5, 5.41) is 12.9. The second-order valence-corrected chi connectivity index (χ2v) is 16.5. The van der Waals surface area contributed by atoms with Crippen LogP contribution in [0.25, 0.3) is 0 Å². The molecule has 1 saturated heterocycles. The Labute approximate surface area is 315 Å². The summed E-state index contributed by atoms with van der Waals surface area (Å²) in [5.74, 6) is -4.12. The molecule has 54 heavy (non-hydrogen) atoms. The molecule has 0 spiro atoms. The van der Waals surface area contributed by atoms with Gasteiger partial charge in [0.1, 0.15) is 12.7 Å². The predicted molar refractivity (Wildman–Crippen MR) is 183 cm³/mol. The highest BCUT2D eigenvalue weighted by Crippen LogP contribution is 2.70. The van der Waals surface area contributed by atoms with Crippen molar-refractivity contribution in [1.82, 2.24) is 0 Å². The molecule has 0 bridgehead atoms. The van der Waals surface area contributed by atoms with Crippen molar-refractivity contribution in [2.75, 3.05) is 13.2 Å². The van der Waals surface area contributed by atoms with E-state index in [0.29, 0.717) is 44.9 Å². The molecule has 2 heterocycles. The second-order valence-electron chi connectivity index (χ2n) is 16.5. The van der Waals surface area contributed by atoms with Crippen LogP contribution in [0.3, 0.4) is 0 Å². The van der Waals surface area contributed by atoms with Crippen molar-refractivity contribution < 1.29 is 71.8 Å². The number of cyclic esters (lactones) is 1. The third-order valence-electron chi connectivity index (χ3n) is 13.5. The van der Waals surface area contributed by atoms with Gasteiger partial charge in [0.05, 0.1) is 24.4 Å². The van der Waals surface area contributed by atoms with Crippen molar-refractivity contribution in [3.63, 3.8) is 0 Å². The molecule has 0 unspecified atom stereocenters. The summed E-state index contributed by atoms with van der Waals surface area (Å²) in [5.41, 5.74) is -1.50. The standard InChI is InChI=1S/C39H54O15/c1-19-33(51-22(4)42)34(52-23(5)43)35(53-24(6)44)36(49-19)54-26-8-12-38(18-48-20(2)40)28-9-11-37(7)27(25-14-32(45)47-17-25)10-13-39(37,46)29(28)16-31(30(38)15-26)50-21(3)41/h14,19,26-31,33-36,46H,8-13,15-18H2,1-7H3/t19-,26-,27-,28+,29-,30+,31-,33+,34+,35+,36+,37-,38-,39-/m0/s1. The highest BCUT2D eigenvalue weighted by molar-refractivity contribution is 5.85. The molecule has 0 radical (unpaired) electrons. The lowest BCUT2D eigenvalue weighted by atomic mass is 9.42. The average molecular weight is 763 g/mol. The van der Waals surface area contributed by atoms with Crippen molar-refractivity contribution >= 4 is 35.8 Å². The molecule has 14 atom stereocenters. The molecule has 1 N–H and O–H groups in total. The fourth-order valence-corrected chi connectivity index (χ4v) is 11.4. The highest BCUT2D eigenvalue weighted by Gasteiger charge is 2.71. The van der Waals surface area contributed by atoms with Gasteiger partial charge in [-0.25, -0.2) is 4.79 Å². The minimum Gasteiger partial charge on any atom is -0.465 e. The topological polar surface area (TPSA) is 196 Å². The third-order valence-corrected chi connectivity index (χ3v) is 13.5. The zero-order valence-electron chi connectivity index (χ0n) is 32.2. The lowest BCUT2D eigenvalue weighted by Gasteiger charge is -2.65. The van der Waals surface area contributed by atoms with E-state index in [-0.39, 0.29) is 42.9 Å². The van der Waals surface area contributed by atoms with Gasteiger partial charge in [0.15, 0.2) is 24.6 Å². The van der Waals surface area contributed by atoms with Crippen LogP contribution in [-0.2, 0) is 66.7 Å². The van der Waals surface area contributed by atoms with Crippen LogP contribution in [0.15, 0.2) is 11.6 Å². The van der Waals surface area contributed by atoms with Crippen molar-refractivity contribution in [2.45, 2.75) is 148 Å². The van der Waals surface area contributed by atoms with Crippen LogP contribution in [0.4, 0.5) is 0 Å². The molecule has 6 rings (SSSR count). The maximum atomic E-state index is 12.9. The van der Waals surface area contributed by atoms with Crippen LogP contribution in [-0.4, -0.2) is 103 Å². The predicted octanol–water partition coefficient (Wildman–Crippen LogP) is 3.25. The zero-order chi connectivity index (χ0) is 39.3. The smallest absolute Gasteiger partial charge is 0.331 e. The summed E-state index contributed by atoms with van der Waals surface area (Å²) in [4.78, 5) is 73.8. The molecule has 0 amide bonds. The number of carbonyl (C=O) groups excluding carboxylic acids is 6. The number of rotatable bonds is 9. The van der Waals surface area contributed by atoms with Crippen LogP contribution < -0.4 is 0 Å². The van der Waals surface area contributed by atoms with E-state index in [9.17, 15) is 33.9 Å². The van der Waals surface area contributed by atoms with Crippen molar-refractivity contribution in [3.05, 3.63) is 11.6 Å². The molecule has 2 aliphatic heterocycles. The molecular formula is C39H54O15. The van der Waals surface area contributed by atoms with E-state index in [4.69, 9.17) is 37.9 Å². The zero-order valence-corrected chi connectivity index (χ0v) is 32.2. The van der Waals surface area contributed by atoms with E-state index in [1.54, 1.807) is 13.0 Å². The van der Waals surface area contributed by atoms with E-state index in [0.717, 1.165) is 12.0 Å². The van der Waals surface area contributed by atoms with Gasteiger partial charge in [-0.15, -0.1) is 0 Å². The van der Waals surface area contributed by atoms with Crippen LogP contribution >= 0.6 is 0 Å². The van der Waals surface area contributed by atoms with E-state index >= 15 is 0 Å². The van der Waals surface area contributed by atoms with Crippen LogP contribution in [0, 0.1) is 34.5 Å². The number of hydrogen-bond donors (Lipinski definition) is 1.